The largest absolute Gasteiger partial charge is 0.385 e. The molecular weight excluding hydrogens is 260 g/mol. The van der Waals surface area contributed by atoms with E-state index in [1.165, 1.54) is 4.88 Å². The first-order chi connectivity index (χ1) is 9.15. The summed E-state index contributed by atoms with van der Waals surface area (Å²) in [5.74, 6) is 0.498. The fourth-order valence-corrected chi connectivity index (χ4v) is 2.82. The number of carbonyl (C=O) groups is 1. The Hall–Kier alpha value is -0.910. The maximum absolute atomic E-state index is 11.7. The van der Waals surface area contributed by atoms with Crippen LogP contribution in [0.5, 0.6) is 0 Å². The van der Waals surface area contributed by atoms with Gasteiger partial charge in [-0.2, -0.15) is 0 Å². The highest BCUT2D eigenvalue weighted by molar-refractivity contribution is 7.10. The number of carbonyl (C=O) groups excluding carboxylic acids is 1. The lowest BCUT2D eigenvalue weighted by atomic mass is 10.0. The summed E-state index contributed by atoms with van der Waals surface area (Å²) in [7, 11) is 1.66. The van der Waals surface area contributed by atoms with Gasteiger partial charge in [-0.3, -0.25) is 4.79 Å². The van der Waals surface area contributed by atoms with Crippen LogP contribution in [0.15, 0.2) is 17.5 Å². The second-order valence-corrected chi connectivity index (χ2v) is 5.79. The van der Waals surface area contributed by atoms with Crippen LogP contribution in [0.1, 0.15) is 31.2 Å². The molecular formula is C14H24N2O2S. The molecule has 0 aromatic carbocycles. The van der Waals surface area contributed by atoms with Crippen molar-refractivity contribution in [3.05, 3.63) is 22.4 Å². The molecule has 0 aliphatic rings. The van der Waals surface area contributed by atoms with Gasteiger partial charge in [-0.15, -0.1) is 11.3 Å². The average molecular weight is 284 g/mol. The number of thiophene rings is 1. The molecule has 0 saturated carbocycles. The second kappa shape index (κ2) is 9.07. The van der Waals surface area contributed by atoms with E-state index < -0.39 is 0 Å². The predicted molar refractivity (Wildman–Crippen MR) is 79.4 cm³/mol. The molecule has 1 unspecified atom stereocenters. The first kappa shape index (κ1) is 16.1. The quantitative estimate of drug-likeness (QED) is 0.683. The molecule has 0 radical (unpaired) electrons. The molecule has 0 aliphatic carbocycles. The van der Waals surface area contributed by atoms with Gasteiger partial charge in [0.1, 0.15) is 0 Å². The van der Waals surface area contributed by atoms with Crippen molar-refractivity contribution in [1.82, 2.24) is 10.6 Å². The minimum absolute atomic E-state index is 0.0401. The number of amides is 1. The predicted octanol–water partition coefficient (Wildman–Crippen LogP) is 2.19. The van der Waals surface area contributed by atoms with E-state index in [0.29, 0.717) is 25.6 Å². The lowest BCUT2D eigenvalue weighted by Gasteiger charge is -2.21. The van der Waals surface area contributed by atoms with Gasteiger partial charge in [0, 0.05) is 31.2 Å². The molecule has 0 aliphatic heterocycles. The fraction of sp³-hybridized carbons (Fsp3) is 0.643. The van der Waals surface area contributed by atoms with Gasteiger partial charge in [0.05, 0.1) is 6.54 Å². The summed E-state index contributed by atoms with van der Waals surface area (Å²) >= 11 is 1.72. The Morgan fingerprint density at radius 3 is 2.84 bits per heavy atom. The normalized spacial score (nSPS) is 12.6. The van der Waals surface area contributed by atoms with Crippen molar-refractivity contribution in [2.45, 2.75) is 26.3 Å². The highest BCUT2D eigenvalue weighted by Gasteiger charge is 2.17. The van der Waals surface area contributed by atoms with E-state index in [-0.39, 0.29) is 11.9 Å². The van der Waals surface area contributed by atoms with Gasteiger partial charge in [0.25, 0.3) is 0 Å². The smallest absolute Gasteiger partial charge is 0.233 e. The molecule has 1 amide bonds. The number of nitrogens with one attached hydrogen (secondary N) is 2. The number of rotatable bonds is 9. The molecule has 2 N–H and O–H groups in total. The molecule has 0 fully saturated rings. The van der Waals surface area contributed by atoms with Crippen molar-refractivity contribution in [2.75, 3.05) is 26.8 Å². The van der Waals surface area contributed by atoms with Gasteiger partial charge in [-0.05, 0) is 23.8 Å². The van der Waals surface area contributed by atoms with Crippen LogP contribution < -0.4 is 10.6 Å². The lowest BCUT2D eigenvalue weighted by molar-refractivity contribution is -0.120. The van der Waals surface area contributed by atoms with E-state index in [1.54, 1.807) is 18.4 Å². The Balaban J connectivity index is 2.30. The zero-order chi connectivity index (χ0) is 14.1. The Morgan fingerprint density at radius 1 is 1.47 bits per heavy atom. The summed E-state index contributed by atoms with van der Waals surface area (Å²) in [4.78, 5) is 13.0. The summed E-state index contributed by atoms with van der Waals surface area (Å²) in [5, 5.41) is 8.28. The topological polar surface area (TPSA) is 50.4 Å². The maximum atomic E-state index is 11.7. The Morgan fingerprint density at radius 2 is 2.26 bits per heavy atom. The van der Waals surface area contributed by atoms with Gasteiger partial charge in [-0.25, -0.2) is 0 Å². The molecule has 0 spiro atoms. The summed E-state index contributed by atoms with van der Waals surface area (Å²) in [5.41, 5.74) is 0. The van der Waals surface area contributed by atoms with Crippen LogP contribution in [-0.2, 0) is 9.53 Å². The Bertz CT molecular complexity index is 352. The molecule has 5 heteroatoms. The number of hydrogen-bond acceptors (Lipinski definition) is 4. The van der Waals surface area contributed by atoms with Gasteiger partial charge < -0.3 is 15.4 Å². The van der Waals surface area contributed by atoms with Crippen LogP contribution in [0, 0.1) is 5.92 Å². The van der Waals surface area contributed by atoms with Crippen LogP contribution in [-0.4, -0.2) is 32.7 Å². The van der Waals surface area contributed by atoms with Crippen LogP contribution in [0.4, 0.5) is 0 Å². The SMILES string of the molecule is COCCCNC(=O)CNC(c1cccs1)C(C)C. The number of ether oxygens (including phenoxy) is 1. The molecule has 4 nitrogen and oxygen atoms in total. The zero-order valence-electron chi connectivity index (χ0n) is 11.9. The molecule has 0 saturated heterocycles. The van der Waals surface area contributed by atoms with Crippen LogP contribution in [0.2, 0.25) is 0 Å². The van der Waals surface area contributed by atoms with Crippen molar-refractivity contribution in [3.8, 4) is 0 Å². The van der Waals surface area contributed by atoms with E-state index in [0.717, 1.165) is 6.42 Å². The lowest BCUT2D eigenvalue weighted by Crippen LogP contribution is -2.37. The summed E-state index contributed by atoms with van der Waals surface area (Å²) in [6, 6.07) is 4.39. The third-order valence-corrected chi connectivity index (χ3v) is 3.80. The van der Waals surface area contributed by atoms with Crippen LogP contribution in [0.3, 0.4) is 0 Å². The van der Waals surface area contributed by atoms with Crippen LogP contribution >= 0.6 is 11.3 Å². The first-order valence-electron chi connectivity index (χ1n) is 6.67. The summed E-state index contributed by atoms with van der Waals surface area (Å²) in [6.07, 6.45) is 0.848. The van der Waals surface area contributed by atoms with Crippen molar-refractivity contribution >= 4 is 17.2 Å². The van der Waals surface area contributed by atoms with Gasteiger partial charge >= 0.3 is 0 Å². The number of hydrogen-bond donors (Lipinski definition) is 2. The summed E-state index contributed by atoms with van der Waals surface area (Å²) < 4.78 is 4.94. The maximum Gasteiger partial charge on any atom is 0.233 e. The third kappa shape index (κ3) is 6.18. The van der Waals surface area contributed by atoms with E-state index >= 15 is 0 Å². The molecule has 1 rings (SSSR count). The zero-order valence-corrected chi connectivity index (χ0v) is 12.8. The Kier molecular flexibility index (Phi) is 7.70. The van der Waals surface area contributed by atoms with Crippen LogP contribution in [0.25, 0.3) is 0 Å². The van der Waals surface area contributed by atoms with Gasteiger partial charge in [-0.1, -0.05) is 19.9 Å². The highest BCUT2D eigenvalue weighted by atomic mass is 32.1. The number of methoxy groups -OCH3 is 1. The third-order valence-electron chi connectivity index (χ3n) is 2.85. The minimum atomic E-state index is 0.0401. The fourth-order valence-electron chi connectivity index (χ4n) is 1.84. The molecule has 1 heterocycles. The molecule has 1 atom stereocenters. The van der Waals surface area contributed by atoms with Crippen molar-refractivity contribution in [3.63, 3.8) is 0 Å². The van der Waals surface area contributed by atoms with E-state index in [1.807, 2.05) is 6.07 Å². The summed E-state index contributed by atoms with van der Waals surface area (Å²) in [6.45, 7) is 6.02. The molecule has 1 aromatic rings. The molecule has 108 valence electrons. The van der Waals surface area contributed by atoms with E-state index in [4.69, 9.17) is 4.74 Å². The van der Waals surface area contributed by atoms with Crippen molar-refractivity contribution in [1.29, 1.82) is 0 Å². The average Bonchev–Trinajstić information content (AvgIpc) is 2.88. The molecule has 19 heavy (non-hydrogen) atoms. The molecule has 1 aromatic heterocycles. The highest BCUT2D eigenvalue weighted by Crippen LogP contribution is 2.25. The van der Waals surface area contributed by atoms with Crippen molar-refractivity contribution in [2.24, 2.45) is 5.92 Å². The minimum Gasteiger partial charge on any atom is -0.385 e. The van der Waals surface area contributed by atoms with Crippen molar-refractivity contribution < 1.29 is 9.53 Å². The van der Waals surface area contributed by atoms with Gasteiger partial charge in [0.15, 0.2) is 0 Å². The van der Waals surface area contributed by atoms with E-state index in [2.05, 4.69) is 35.9 Å². The second-order valence-electron chi connectivity index (χ2n) is 4.81. The van der Waals surface area contributed by atoms with Gasteiger partial charge in [0.2, 0.25) is 5.91 Å². The molecule has 0 bridgehead atoms. The Labute approximate surface area is 119 Å². The standard InChI is InChI=1S/C14H24N2O2S/c1-11(2)14(12-6-4-9-19-12)16-10-13(17)15-7-5-8-18-3/h4,6,9,11,14,16H,5,7-8,10H2,1-3H3,(H,15,17). The monoisotopic (exact) mass is 284 g/mol. The first-order valence-corrected chi connectivity index (χ1v) is 7.55. The van der Waals surface area contributed by atoms with E-state index in [9.17, 15) is 4.79 Å².